The van der Waals surface area contributed by atoms with Crippen molar-refractivity contribution in [2.24, 2.45) is 0 Å². The third-order valence-corrected chi connectivity index (χ3v) is 4.40. The molecule has 0 saturated heterocycles. The van der Waals surface area contributed by atoms with Crippen molar-refractivity contribution >= 4 is 33.9 Å². The SMILES string of the molecule is CCOC(=O)c1ncc2c(c1COC)c1cc(C)ccc1n2C(=O)OC(C)(C)C. The van der Waals surface area contributed by atoms with Crippen LogP contribution in [0.4, 0.5) is 4.79 Å². The molecule has 7 heteroatoms. The summed E-state index contributed by atoms with van der Waals surface area (Å²) in [5, 5.41) is 1.56. The maximum atomic E-state index is 13.0. The van der Waals surface area contributed by atoms with Crippen LogP contribution in [0.3, 0.4) is 0 Å². The molecule has 0 spiro atoms. The Hall–Kier alpha value is -2.93. The highest BCUT2D eigenvalue weighted by Crippen LogP contribution is 2.34. The second-order valence-corrected chi connectivity index (χ2v) is 7.84. The number of carbonyl (C=O) groups excluding carboxylic acids is 2. The Morgan fingerprint density at radius 1 is 1.17 bits per heavy atom. The summed E-state index contributed by atoms with van der Waals surface area (Å²) in [6.45, 7) is 9.55. The number of hydrogen-bond donors (Lipinski definition) is 0. The molecule has 0 amide bonds. The van der Waals surface area contributed by atoms with Crippen LogP contribution < -0.4 is 0 Å². The predicted molar refractivity (Wildman–Crippen MR) is 110 cm³/mol. The van der Waals surface area contributed by atoms with E-state index in [0.717, 1.165) is 16.3 Å². The van der Waals surface area contributed by atoms with Gasteiger partial charge in [-0.05, 0) is 46.8 Å². The van der Waals surface area contributed by atoms with Crippen LogP contribution in [0.5, 0.6) is 0 Å². The van der Waals surface area contributed by atoms with Gasteiger partial charge in [-0.1, -0.05) is 11.6 Å². The Morgan fingerprint density at radius 3 is 2.52 bits per heavy atom. The van der Waals surface area contributed by atoms with Crippen molar-refractivity contribution in [1.82, 2.24) is 9.55 Å². The van der Waals surface area contributed by atoms with E-state index in [9.17, 15) is 9.59 Å². The number of methoxy groups -OCH3 is 1. The van der Waals surface area contributed by atoms with Gasteiger partial charge in [0, 0.05) is 23.4 Å². The summed E-state index contributed by atoms with van der Waals surface area (Å²) in [5.41, 5.74) is 2.38. The molecule has 2 heterocycles. The van der Waals surface area contributed by atoms with Crippen molar-refractivity contribution in [1.29, 1.82) is 0 Å². The molecule has 0 saturated carbocycles. The Balaban J connectivity index is 2.39. The average Bonchev–Trinajstić information content (AvgIpc) is 2.95. The van der Waals surface area contributed by atoms with E-state index in [4.69, 9.17) is 14.2 Å². The molecule has 29 heavy (non-hydrogen) atoms. The van der Waals surface area contributed by atoms with Crippen molar-refractivity contribution in [2.45, 2.75) is 46.8 Å². The molecule has 2 aromatic heterocycles. The Kier molecular flexibility index (Phi) is 5.61. The van der Waals surface area contributed by atoms with Crippen molar-refractivity contribution in [3.63, 3.8) is 0 Å². The Bertz CT molecular complexity index is 1090. The molecular formula is C22H26N2O5. The van der Waals surface area contributed by atoms with E-state index in [1.165, 1.54) is 10.8 Å². The lowest BCUT2D eigenvalue weighted by atomic mass is 10.0. The quantitative estimate of drug-likeness (QED) is 0.598. The Morgan fingerprint density at radius 2 is 1.90 bits per heavy atom. The fourth-order valence-corrected chi connectivity index (χ4v) is 3.35. The third kappa shape index (κ3) is 3.96. The van der Waals surface area contributed by atoms with Crippen LogP contribution in [-0.4, -0.2) is 40.9 Å². The summed E-state index contributed by atoms with van der Waals surface area (Å²) in [6, 6.07) is 5.78. The molecule has 0 bridgehead atoms. The number of carbonyl (C=O) groups is 2. The van der Waals surface area contributed by atoms with E-state index in [-0.39, 0.29) is 18.9 Å². The van der Waals surface area contributed by atoms with Gasteiger partial charge in [-0.2, -0.15) is 0 Å². The summed E-state index contributed by atoms with van der Waals surface area (Å²) in [4.78, 5) is 29.8. The summed E-state index contributed by atoms with van der Waals surface area (Å²) in [5.74, 6) is -0.521. The lowest BCUT2D eigenvalue weighted by molar-refractivity contribution is 0.0513. The lowest BCUT2D eigenvalue weighted by Gasteiger charge is -2.20. The topological polar surface area (TPSA) is 79.7 Å². The highest BCUT2D eigenvalue weighted by atomic mass is 16.6. The van der Waals surface area contributed by atoms with E-state index in [0.29, 0.717) is 16.6 Å². The number of aryl methyl sites for hydroxylation is 1. The number of esters is 1. The first-order valence-corrected chi connectivity index (χ1v) is 9.50. The van der Waals surface area contributed by atoms with Gasteiger partial charge in [0.1, 0.15) is 5.60 Å². The molecule has 0 radical (unpaired) electrons. The molecule has 154 valence electrons. The fraction of sp³-hybridized carbons (Fsp3) is 0.409. The van der Waals surface area contributed by atoms with E-state index in [1.54, 1.807) is 14.0 Å². The van der Waals surface area contributed by atoms with Gasteiger partial charge in [-0.3, -0.25) is 0 Å². The largest absolute Gasteiger partial charge is 0.461 e. The minimum Gasteiger partial charge on any atom is -0.461 e. The van der Waals surface area contributed by atoms with Crippen LogP contribution in [0.25, 0.3) is 21.8 Å². The van der Waals surface area contributed by atoms with E-state index in [1.807, 2.05) is 45.9 Å². The number of benzene rings is 1. The first kappa shape index (κ1) is 20.8. The second-order valence-electron chi connectivity index (χ2n) is 7.84. The molecule has 0 N–H and O–H groups in total. The molecule has 0 aliphatic rings. The molecule has 7 nitrogen and oxygen atoms in total. The van der Waals surface area contributed by atoms with E-state index >= 15 is 0 Å². The number of fused-ring (bicyclic) bond motifs is 3. The molecule has 0 unspecified atom stereocenters. The maximum absolute atomic E-state index is 13.0. The molecule has 3 rings (SSSR count). The molecule has 0 aliphatic heterocycles. The van der Waals surface area contributed by atoms with E-state index < -0.39 is 17.7 Å². The summed E-state index contributed by atoms with van der Waals surface area (Å²) in [6.07, 6.45) is 1.01. The van der Waals surface area contributed by atoms with Gasteiger partial charge in [-0.25, -0.2) is 19.1 Å². The van der Waals surface area contributed by atoms with Gasteiger partial charge in [0.2, 0.25) is 0 Å². The zero-order chi connectivity index (χ0) is 21.3. The van der Waals surface area contributed by atoms with Crippen LogP contribution >= 0.6 is 0 Å². The van der Waals surface area contributed by atoms with Crippen molar-refractivity contribution in [3.05, 3.63) is 41.2 Å². The Labute approximate surface area is 169 Å². The maximum Gasteiger partial charge on any atom is 0.419 e. The normalized spacial score (nSPS) is 11.8. The van der Waals surface area contributed by atoms with Gasteiger partial charge in [0.15, 0.2) is 5.69 Å². The minimum absolute atomic E-state index is 0.153. The summed E-state index contributed by atoms with van der Waals surface area (Å²) < 4.78 is 17.6. The highest BCUT2D eigenvalue weighted by molar-refractivity contribution is 6.15. The second kappa shape index (κ2) is 7.83. The molecule has 3 aromatic rings. The van der Waals surface area contributed by atoms with E-state index in [2.05, 4.69) is 4.98 Å². The monoisotopic (exact) mass is 398 g/mol. The lowest BCUT2D eigenvalue weighted by Crippen LogP contribution is -2.27. The van der Waals surface area contributed by atoms with Gasteiger partial charge in [-0.15, -0.1) is 0 Å². The van der Waals surface area contributed by atoms with Crippen molar-refractivity contribution < 1.29 is 23.8 Å². The minimum atomic E-state index is -0.654. The summed E-state index contributed by atoms with van der Waals surface area (Å²) in [7, 11) is 1.55. The van der Waals surface area contributed by atoms with Crippen LogP contribution in [0, 0.1) is 6.92 Å². The number of ether oxygens (including phenoxy) is 3. The van der Waals surface area contributed by atoms with Gasteiger partial charge in [0.25, 0.3) is 0 Å². The third-order valence-electron chi connectivity index (χ3n) is 4.40. The molecule has 1 aromatic carbocycles. The molecule has 0 fully saturated rings. The predicted octanol–water partition coefficient (Wildman–Crippen LogP) is 4.60. The van der Waals surface area contributed by atoms with Gasteiger partial charge < -0.3 is 14.2 Å². The number of nitrogens with zero attached hydrogens (tertiary/aromatic N) is 2. The number of aromatic nitrogens is 2. The number of rotatable bonds is 4. The van der Waals surface area contributed by atoms with Crippen molar-refractivity contribution in [2.75, 3.05) is 13.7 Å². The van der Waals surface area contributed by atoms with Crippen molar-refractivity contribution in [3.8, 4) is 0 Å². The standard InChI is InChI=1S/C22H26N2O5/c1-7-28-20(25)19-15(12-27-6)18-14-10-13(2)8-9-16(14)24(17(18)11-23-19)21(26)29-22(3,4)5/h8-11H,7,12H2,1-6H3. The zero-order valence-corrected chi connectivity index (χ0v) is 17.7. The first-order valence-electron chi connectivity index (χ1n) is 9.50. The first-order chi connectivity index (χ1) is 13.7. The smallest absolute Gasteiger partial charge is 0.419 e. The average molecular weight is 398 g/mol. The fourth-order valence-electron chi connectivity index (χ4n) is 3.35. The number of pyridine rings is 1. The van der Waals surface area contributed by atoms with Crippen LogP contribution in [0.15, 0.2) is 24.4 Å². The molecular weight excluding hydrogens is 372 g/mol. The van der Waals surface area contributed by atoms with Crippen LogP contribution in [-0.2, 0) is 20.8 Å². The zero-order valence-electron chi connectivity index (χ0n) is 17.7. The summed E-state index contributed by atoms with van der Waals surface area (Å²) >= 11 is 0. The molecule has 0 atom stereocenters. The number of hydrogen-bond acceptors (Lipinski definition) is 6. The highest BCUT2D eigenvalue weighted by Gasteiger charge is 2.26. The molecule has 0 aliphatic carbocycles. The van der Waals surface area contributed by atoms with Gasteiger partial charge in [0.05, 0.1) is 30.4 Å². The van der Waals surface area contributed by atoms with Crippen LogP contribution in [0.1, 0.15) is 49.3 Å². The van der Waals surface area contributed by atoms with Gasteiger partial charge >= 0.3 is 12.1 Å². The van der Waals surface area contributed by atoms with Crippen LogP contribution in [0.2, 0.25) is 0 Å².